The maximum Gasteiger partial charge on any atom is 0.176 e. The summed E-state index contributed by atoms with van der Waals surface area (Å²) < 4.78 is 11.1. The van der Waals surface area contributed by atoms with Crippen molar-refractivity contribution < 1.29 is 9.47 Å². The highest BCUT2D eigenvalue weighted by Crippen LogP contribution is 2.18. The van der Waals surface area contributed by atoms with Gasteiger partial charge in [-0.15, -0.1) is 0 Å². The molecular formula is C12H19N3O2. The maximum absolute atomic E-state index is 5.65. The van der Waals surface area contributed by atoms with Crippen molar-refractivity contribution in [2.24, 2.45) is 5.84 Å². The molecule has 94 valence electrons. The van der Waals surface area contributed by atoms with Crippen molar-refractivity contribution in [3.63, 3.8) is 0 Å². The Hall–Kier alpha value is -1.14. The first-order chi connectivity index (χ1) is 8.22. The van der Waals surface area contributed by atoms with Gasteiger partial charge in [-0.1, -0.05) is 18.2 Å². The summed E-state index contributed by atoms with van der Waals surface area (Å²) in [7, 11) is 0. The molecule has 2 atom stereocenters. The maximum atomic E-state index is 5.65. The van der Waals surface area contributed by atoms with Crippen LogP contribution in [0.2, 0.25) is 0 Å². The first kappa shape index (κ1) is 12.3. The Morgan fingerprint density at radius 1 is 1.53 bits per heavy atom. The lowest BCUT2D eigenvalue weighted by Gasteiger charge is -2.23. The summed E-state index contributed by atoms with van der Waals surface area (Å²) in [6.07, 6.45) is 0.594. The molecule has 4 N–H and O–H groups in total. The Bertz CT molecular complexity index is 347. The molecule has 0 saturated carbocycles. The number of hydrogen-bond acceptors (Lipinski definition) is 5. The summed E-state index contributed by atoms with van der Waals surface area (Å²) in [6, 6.07) is 9.79. The van der Waals surface area contributed by atoms with Crippen LogP contribution in [0.25, 0.3) is 0 Å². The van der Waals surface area contributed by atoms with Gasteiger partial charge in [0, 0.05) is 12.0 Å². The van der Waals surface area contributed by atoms with Gasteiger partial charge in [0.1, 0.15) is 5.75 Å². The van der Waals surface area contributed by atoms with Crippen molar-refractivity contribution >= 4 is 0 Å². The summed E-state index contributed by atoms with van der Waals surface area (Å²) in [4.78, 5) is 0. The lowest BCUT2D eigenvalue weighted by atomic mass is 10.0. The smallest absolute Gasteiger partial charge is 0.176 e. The van der Waals surface area contributed by atoms with E-state index in [4.69, 9.17) is 15.3 Å². The van der Waals surface area contributed by atoms with Crippen molar-refractivity contribution in [2.75, 3.05) is 13.2 Å². The summed E-state index contributed by atoms with van der Waals surface area (Å²) in [5, 5.41) is 3.26. The van der Waals surface area contributed by atoms with Crippen LogP contribution in [0.4, 0.5) is 0 Å². The summed E-state index contributed by atoms with van der Waals surface area (Å²) >= 11 is 0. The summed E-state index contributed by atoms with van der Waals surface area (Å²) in [5.74, 6) is 6.20. The number of benzene rings is 1. The standard InChI is InChI=1S/C12H19N3O2/c1-12(9-17-11(14-12)15-13)7-8-16-10-5-3-2-4-6-10/h2-6,11,14-15H,7-9,13H2,1H3. The van der Waals surface area contributed by atoms with E-state index in [0.717, 1.165) is 12.2 Å². The average molecular weight is 237 g/mol. The Kier molecular flexibility index (Phi) is 3.96. The molecule has 1 aliphatic heterocycles. The molecule has 0 aliphatic carbocycles. The second kappa shape index (κ2) is 5.46. The van der Waals surface area contributed by atoms with E-state index in [0.29, 0.717) is 13.2 Å². The number of rotatable bonds is 5. The van der Waals surface area contributed by atoms with Crippen molar-refractivity contribution in [3.8, 4) is 5.75 Å². The van der Waals surface area contributed by atoms with Crippen LogP contribution in [-0.4, -0.2) is 25.1 Å². The molecule has 2 unspecified atom stereocenters. The van der Waals surface area contributed by atoms with Gasteiger partial charge in [-0.2, -0.15) is 0 Å². The molecule has 0 amide bonds. The van der Waals surface area contributed by atoms with Crippen molar-refractivity contribution in [1.29, 1.82) is 0 Å². The Balaban J connectivity index is 1.75. The highest BCUT2D eigenvalue weighted by Gasteiger charge is 2.34. The molecule has 1 aliphatic rings. The average Bonchev–Trinajstić information content (AvgIpc) is 2.73. The minimum atomic E-state index is -0.267. The lowest BCUT2D eigenvalue weighted by molar-refractivity contribution is 0.0715. The van der Waals surface area contributed by atoms with E-state index >= 15 is 0 Å². The highest BCUT2D eigenvalue weighted by atomic mass is 16.5. The van der Waals surface area contributed by atoms with E-state index in [9.17, 15) is 0 Å². The van der Waals surface area contributed by atoms with E-state index in [2.05, 4.69) is 17.7 Å². The van der Waals surface area contributed by atoms with Crippen molar-refractivity contribution in [3.05, 3.63) is 30.3 Å². The quantitative estimate of drug-likeness (QED) is 0.516. The second-order valence-corrected chi connectivity index (χ2v) is 4.47. The number of ether oxygens (including phenoxy) is 2. The predicted molar refractivity (Wildman–Crippen MR) is 65.2 cm³/mol. The molecule has 0 radical (unpaired) electrons. The Morgan fingerprint density at radius 3 is 2.94 bits per heavy atom. The molecule has 0 aromatic heterocycles. The molecule has 1 saturated heterocycles. The Morgan fingerprint density at radius 2 is 2.29 bits per heavy atom. The molecule has 1 aromatic carbocycles. The largest absolute Gasteiger partial charge is 0.494 e. The molecular weight excluding hydrogens is 218 g/mol. The van der Waals surface area contributed by atoms with Crippen molar-refractivity contribution in [1.82, 2.24) is 10.7 Å². The van der Waals surface area contributed by atoms with Crippen LogP contribution in [-0.2, 0) is 4.74 Å². The zero-order chi connectivity index (χ0) is 12.1. The summed E-state index contributed by atoms with van der Waals surface area (Å²) in [5.41, 5.74) is 2.46. The van der Waals surface area contributed by atoms with Gasteiger partial charge in [0.05, 0.1) is 13.2 Å². The van der Waals surface area contributed by atoms with Gasteiger partial charge in [0.2, 0.25) is 0 Å². The third-order valence-electron chi connectivity index (χ3n) is 2.87. The van der Waals surface area contributed by atoms with E-state index in [1.165, 1.54) is 0 Å². The molecule has 1 aromatic rings. The molecule has 2 rings (SSSR count). The fourth-order valence-electron chi connectivity index (χ4n) is 1.81. The van der Waals surface area contributed by atoms with E-state index < -0.39 is 0 Å². The van der Waals surface area contributed by atoms with Crippen molar-refractivity contribution in [2.45, 2.75) is 25.2 Å². The van der Waals surface area contributed by atoms with Gasteiger partial charge >= 0.3 is 0 Å². The minimum absolute atomic E-state index is 0.0915. The molecule has 1 heterocycles. The number of nitrogens with two attached hydrogens (primary N) is 1. The zero-order valence-electron chi connectivity index (χ0n) is 9.98. The molecule has 0 bridgehead atoms. The van der Waals surface area contributed by atoms with Gasteiger partial charge in [0.25, 0.3) is 0 Å². The van der Waals surface area contributed by atoms with E-state index in [-0.39, 0.29) is 11.9 Å². The fraction of sp³-hybridized carbons (Fsp3) is 0.500. The van der Waals surface area contributed by atoms with Crippen LogP contribution in [0.1, 0.15) is 13.3 Å². The number of para-hydroxylation sites is 1. The first-order valence-electron chi connectivity index (χ1n) is 5.75. The number of hydrogen-bond donors (Lipinski definition) is 3. The van der Waals surface area contributed by atoms with Crippen LogP contribution < -0.4 is 21.3 Å². The highest BCUT2D eigenvalue weighted by molar-refractivity contribution is 5.20. The van der Waals surface area contributed by atoms with Crippen LogP contribution in [0.5, 0.6) is 5.75 Å². The Labute approximate surface area is 101 Å². The summed E-state index contributed by atoms with van der Waals surface area (Å²) in [6.45, 7) is 3.37. The molecule has 1 fully saturated rings. The fourth-order valence-corrected chi connectivity index (χ4v) is 1.81. The SMILES string of the molecule is CC1(CCOc2ccccc2)COC(NN)N1. The molecule has 17 heavy (non-hydrogen) atoms. The predicted octanol–water partition coefficient (Wildman–Crippen LogP) is 0.581. The van der Waals surface area contributed by atoms with Gasteiger partial charge in [0.15, 0.2) is 6.35 Å². The second-order valence-electron chi connectivity index (χ2n) is 4.47. The van der Waals surface area contributed by atoms with Crippen LogP contribution >= 0.6 is 0 Å². The third-order valence-corrected chi connectivity index (χ3v) is 2.87. The van der Waals surface area contributed by atoms with E-state index in [1.54, 1.807) is 0 Å². The monoisotopic (exact) mass is 237 g/mol. The van der Waals surface area contributed by atoms with Gasteiger partial charge < -0.3 is 9.47 Å². The topological polar surface area (TPSA) is 68.5 Å². The molecule has 5 nitrogen and oxygen atoms in total. The first-order valence-corrected chi connectivity index (χ1v) is 5.75. The lowest BCUT2D eigenvalue weighted by Crippen LogP contribution is -2.50. The van der Waals surface area contributed by atoms with Gasteiger partial charge in [-0.25, -0.2) is 5.43 Å². The van der Waals surface area contributed by atoms with Crippen LogP contribution in [0.3, 0.4) is 0 Å². The number of hydrazine groups is 1. The minimum Gasteiger partial charge on any atom is -0.494 e. The van der Waals surface area contributed by atoms with Crippen LogP contribution in [0.15, 0.2) is 30.3 Å². The normalized spacial score (nSPS) is 28.2. The number of nitrogens with one attached hydrogen (secondary N) is 2. The van der Waals surface area contributed by atoms with Crippen LogP contribution in [0, 0.1) is 0 Å². The molecule has 5 heteroatoms. The van der Waals surface area contributed by atoms with Gasteiger partial charge in [-0.05, 0) is 19.1 Å². The third kappa shape index (κ3) is 3.41. The molecule has 0 spiro atoms. The van der Waals surface area contributed by atoms with Gasteiger partial charge in [-0.3, -0.25) is 11.2 Å². The van der Waals surface area contributed by atoms with E-state index in [1.807, 2.05) is 30.3 Å². The zero-order valence-corrected chi connectivity index (χ0v) is 9.98.